The molecule has 1 aromatic rings. The predicted molar refractivity (Wildman–Crippen MR) is 74.7 cm³/mol. The van der Waals surface area contributed by atoms with E-state index < -0.39 is 23.3 Å². The number of rotatable bonds is 6. The topological polar surface area (TPSA) is 80.6 Å². The van der Waals surface area contributed by atoms with Gasteiger partial charge in [-0.25, -0.2) is 4.79 Å². The summed E-state index contributed by atoms with van der Waals surface area (Å²) in [5.74, 6) is -1.44. The number of methoxy groups -OCH3 is 1. The summed E-state index contributed by atoms with van der Waals surface area (Å²) in [5, 5.41) is 11.8. The minimum absolute atomic E-state index is 0.395. The zero-order chi connectivity index (χ0) is 15.3. The Hall–Kier alpha value is -1.82. The molecular weight excluding hydrogens is 260 g/mol. The van der Waals surface area contributed by atoms with Crippen LogP contribution in [0.1, 0.15) is 31.3 Å². The monoisotopic (exact) mass is 282 g/mol. The van der Waals surface area contributed by atoms with Gasteiger partial charge >= 0.3 is 5.97 Å². The van der Waals surface area contributed by atoms with Crippen LogP contribution in [0.25, 0.3) is 0 Å². The first kappa shape index (κ1) is 16.2. The second kappa shape index (κ2) is 6.56. The molecule has 1 heterocycles. The highest BCUT2D eigenvalue weighted by Crippen LogP contribution is 2.20. The summed E-state index contributed by atoms with van der Waals surface area (Å²) in [6.45, 7) is 6.35. The first-order valence-corrected chi connectivity index (χ1v) is 6.45. The maximum Gasteiger partial charge on any atom is 0.326 e. The van der Waals surface area contributed by atoms with E-state index in [4.69, 9.17) is 4.74 Å². The van der Waals surface area contributed by atoms with Gasteiger partial charge in [0.25, 0.3) is 5.91 Å². The fourth-order valence-corrected chi connectivity index (χ4v) is 1.86. The Labute approximate surface area is 118 Å². The van der Waals surface area contributed by atoms with Crippen LogP contribution >= 0.6 is 0 Å². The lowest BCUT2D eigenvalue weighted by Crippen LogP contribution is -2.49. The molecule has 0 aliphatic rings. The van der Waals surface area contributed by atoms with E-state index in [2.05, 4.69) is 5.32 Å². The van der Waals surface area contributed by atoms with Crippen molar-refractivity contribution < 1.29 is 19.4 Å². The van der Waals surface area contributed by atoms with Gasteiger partial charge in [0.1, 0.15) is 11.7 Å². The molecule has 20 heavy (non-hydrogen) atoms. The summed E-state index contributed by atoms with van der Waals surface area (Å²) < 4.78 is 6.71. The number of carboxylic acid groups (broad SMARTS) is 1. The third kappa shape index (κ3) is 4.09. The summed E-state index contributed by atoms with van der Waals surface area (Å²) in [6, 6.07) is 2.46. The zero-order valence-corrected chi connectivity index (χ0v) is 12.3. The second-order valence-electron chi connectivity index (χ2n) is 5.69. The maximum absolute atomic E-state index is 12.2. The Morgan fingerprint density at radius 1 is 1.45 bits per heavy atom. The van der Waals surface area contributed by atoms with Gasteiger partial charge < -0.3 is 19.7 Å². The smallest absolute Gasteiger partial charge is 0.326 e. The number of nitrogens with zero attached hydrogens (tertiary/aromatic N) is 1. The number of carbonyl (C=O) groups excluding carboxylic acids is 1. The van der Waals surface area contributed by atoms with E-state index in [1.165, 1.54) is 0 Å². The second-order valence-corrected chi connectivity index (χ2v) is 5.69. The van der Waals surface area contributed by atoms with Crippen molar-refractivity contribution in [2.24, 2.45) is 5.41 Å². The van der Waals surface area contributed by atoms with E-state index in [-0.39, 0.29) is 0 Å². The maximum atomic E-state index is 12.2. The van der Waals surface area contributed by atoms with Gasteiger partial charge in [-0.1, -0.05) is 20.8 Å². The molecule has 1 aromatic heterocycles. The van der Waals surface area contributed by atoms with Crippen LogP contribution in [0.15, 0.2) is 18.3 Å². The normalized spacial score (nSPS) is 13.0. The van der Waals surface area contributed by atoms with Crippen LogP contribution in [0.3, 0.4) is 0 Å². The molecule has 1 rings (SSSR count). The van der Waals surface area contributed by atoms with Crippen molar-refractivity contribution in [1.82, 2.24) is 9.88 Å². The van der Waals surface area contributed by atoms with Crippen molar-refractivity contribution in [2.45, 2.75) is 33.4 Å². The number of nitrogens with one attached hydrogen (secondary N) is 1. The Morgan fingerprint density at radius 2 is 2.10 bits per heavy atom. The molecule has 112 valence electrons. The average Bonchev–Trinajstić information content (AvgIpc) is 2.79. The third-order valence-electron chi connectivity index (χ3n) is 2.99. The van der Waals surface area contributed by atoms with E-state index in [0.29, 0.717) is 18.8 Å². The Morgan fingerprint density at radius 3 is 2.60 bits per heavy atom. The third-order valence-corrected chi connectivity index (χ3v) is 2.99. The minimum atomic E-state index is -1.04. The molecule has 0 radical (unpaired) electrons. The molecule has 0 aliphatic heterocycles. The lowest BCUT2D eigenvalue weighted by Gasteiger charge is -2.27. The number of amides is 1. The molecule has 0 aliphatic carbocycles. The average molecular weight is 282 g/mol. The van der Waals surface area contributed by atoms with Crippen molar-refractivity contribution in [3.8, 4) is 0 Å². The van der Waals surface area contributed by atoms with Crippen LogP contribution in [0, 0.1) is 5.41 Å². The first-order valence-electron chi connectivity index (χ1n) is 6.45. The predicted octanol–water partition coefficient (Wildman–Crippen LogP) is 1.36. The minimum Gasteiger partial charge on any atom is -0.480 e. The number of carbonyl (C=O) groups is 2. The number of aliphatic carboxylic acids is 1. The van der Waals surface area contributed by atoms with Gasteiger partial charge in [0.2, 0.25) is 0 Å². The van der Waals surface area contributed by atoms with Crippen molar-refractivity contribution >= 4 is 11.9 Å². The summed E-state index contributed by atoms with van der Waals surface area (Å²) in [7, 11) is 1.59. The van der Waals surface area contributed by atoms with Gasteiger partial charge in [0.15, 0.2) is 0 Å². The van der Waals surface area contributed by atoms with Gasteiger partial charge in [0.05, 0.1) is 6.61 Å². The Bertz CT molecular complexity index is 474. The summed E-state index contributed by atoms with van der Waals surface area (Å²) in [5.41, 5.74) is -0.136. The molecular formula is C14H22N2O4. The number of ether oxygens (including phenoxy) is 1. The van der Waals surface area contributed by atoms with Crippen LogP contribution in [0.4, 0.5) is 0 Å². The molecule has 6 heteroatoms. The molecule has 0 saturated carbocycles. The van der Waals surface area contributed by atoms with Crippen molar-refractivity contribution in [3.05, 3.63) is 24.0 Å². The fraction of sp³-hybridized carbons (Fsp3) is 0.571. The van der Waals surface area contributed by atoms with Gasteiger partial charge in [0, 0.05) is 19.9 Å². The van der Waals surface area contributed by atoms with E-state index in [0.717, 1.165) is 0 Å². The Kier molecular flexibility index (Phi) is 5.33. The van der Waals surface area contributed by atoms with E-state index in [1.54, 1.807) is 50.8 Å². The van der Waals surface area contributed by atoms with Crippen LogP contribution in [-0.2, 0) is 16.1 Å². The van der Waals surface area contributed by atoms with Gasteiger partial charge in [-0.3, -0.25) is 4.79 Å². The fourth-order valence-electron chi connectivity index (χ4n) is 1.86. The summed E-state index contributed by atoms with van der Waals surface area (Å²) >= 11 is 0. The highest BCUT2D eigenvalue weighted by atomic mass is 16.5. The van der Waals surface area contributed by atoms with Crippen molar-refractivity contribution in [1.29, 1.82) is 0 Å². The SMILES string of the molecule is COCCn1cccc1C(=O)NC(C(=O)O)C(C)(C)C. The van der Waals surface area contributed by atoms with Crippen molar-refractivity contribution in [3.63, 3.8) is 0 Å². The molecule has 0 bridgehead atoms. The number of hydrogen-bond acceptors (Lipinski definition) is 3. The van der Waals surface area contributed by atoms with Crippen molar-refractivity contribution in [2.75, 3.05) is 13.7 Å². The van der Waals surface area contributed by atoms with Gasteiger partial charge in [-0.2, -0.15) is 0 Å². The van der Waals surface area contributed by atoms with Crippen LogP contribution in [-0.4, -0.2) is 41.3 Å². The van der Waals surface area contributed by atoms with Gasteiger partial charge in [-0.15, -0.1) is 0 Å². The summed E-state index contributed by atoms with van der Waals surface area (Å²) in [4.78, 5) is 23.5. The molecule has 1 unspecified atom stereocenters. The molecule has 0 spiro atoms. The number of carboxylic acids is 1. The number of hydrogen-bond donors (Lipinski definition) is 2. The van der Waals surface area contributed by atoms with E-state index in [9.17, 15) is 14.7 Å². The highest BCUT2D eigenvalue weighted by molar-refractivity contribution is 5.95. The van der Waals surface area contributed by atoms with Crippen LogP contribution in [0.5, 0.6) is 0 Å². The Balaban J connectivity index is 2.85. The molecule has 1 amide bonds. The quantitative estimate of drug-likeness (QED) is 0.825. The zero-order valence-electron chi connectivity index (χ0n) is 12.3. The van der Waals surface area contributed by atoms with E-state index >= 15 is 0 Å². The molecule has 0 aromatic carbocycles. The standard InChI is InChI=1S/C14H22N2O4/c1-14(2,3)11(13(18)19)15-12(17)10-6-5-7-16(10)8-9-20-4/h5-7,11H,8-9H2,1-4H3,(H,15,17)(H,18,19). The van der Waals surface area contributed by atoms with Crippen LogP contribution < -0.4 is 5.32 Å². The molecule has 2 N–H and O–H groups in total. The van der Waals surface area contributed by atoms with E-state index in [1.807, 2.05) is 0 Å². The number of aromatic nitrogens is 1. The lowest BCUT2D eigenvalue weighted by molar-refractivity contribution is -0.142. The summed E-state index contributed by atoms with van der Waals surface area (Å²) in [6.07, 6.45) is 1.76. The van der Waals surface area contributed by atoms with Gasteiger partial charge in [-0.05, 0) is 17.5 Å². The first-order chi connectivity index (χ1) is 9.27. The lowest BCUT2D eigenvalue weighted by atomic mass is 9.86. The molecule has 1 atom stereocenters. The molecule has 6 nitrogen and oxygen atoms in total. The van der Waals surface area contributed by atoms with Crippen LogP contribution in [0.2, 0.25) is 0 Å². The largest absolute Gasteiger partial charge is 0.480 e. The molecule has 0 saturated heterocycles. The highest BCUT2D eigenvalue weighted by Gasteiger charge is 2.33. The molecule has 0 fully saturated rings.